The molecule has 22 heavy (non-hydrogen) atoms. The van der Waals surface area contributed by atoms with Crippen LogP contribution in [0.1, 0.15) is 44.8 Å². The second-order valence-corrected chi connectivity index (χ2v) is 6.22. The third kappa shape index (κ3) is 3.43. The summed E-state index contributed by atoms with van der Waals surface area (Å²) < 4.78 is 5.79. The molecule has 0 saturated carbocycles. The predicted octanol–water partition coefficient (Wildman–Crippen LogP) is 4.72. The van der Waals surface area contributed by atoms with Crippen LogP contribution >= 0.6 is 11.6 Å². The van der Waals surface area contributed by atoms with Gasteiger partial charge in [0.2, 0.25) is 5.89 Å². The Kier molecular flexibility index (Phi) is 4.98. The lowest BCUT2D eigenvalue weighted by Crippen LogP contribution is -2.30. The molecule has 3 heterocycles. The van der Waals surface area contributed by atoms with Gasteiger partial charge in [-0.3, -0.25) is 0 Å². The van der Waals surface area contributed by atoms with Crippen LogP contribution in [0.25, 0.3) is 11.5 Å². The number of piperidine rings is 1. The zero-order chi connectivity index (χ0) is 15.4. The largest absolute Gasteiger partial charge is 0.441 e. The Hall–Kier alpha value is -1.55. The van der Waals surface area contributed by atoms with Gasteiger partial charge in [0.15, 0.2) is 0 Å². The summed E-state index contributed by atoms with van der Waals surface area (Å²) in [4.78, 5) is 11.1. The number of aromatic nitrogens is 2. The number of hydrogen-bond acceptors (Lipinski definition) is 4. The van der Waals surface area contributed by atoms with E-state index in [1.54, 1.807) is 6.20 Å². The predicted molar refractivity (Wildman–Crippen MR) is 89.4 cm³/mol. The normalized spacial score (nSPS) is 15.3. The number of anilines is 1. The number of nitrogens with zero attached hydrogens (tertiary/aromatic N) is 3. The molecule has 1 aliphatic heterocycles. The van der Waals surface area contributed by atoms with Gasteiger partial charge < -0.3 is 9.32 Å². The van der Waals surface area contributed by atoms with Crippen LogP contribution in [0.4, 0.5) is 5.82 Å². The lowest BCUT2D eigenvalue weighted by molar-refractivity contribution is 0.508. The molecule has 0 radical (unpaired) electrons. The van der Waals surface area contributed by atoms with Gasteiger partial charge >= 0.3 is 0 Å². The molecule has 0 atom stereocenters. The Balaban J connectivity index is 1.77. The third-order valence-electron chi connectivity index (χ3n) is 4.05. The maximum atomic E-state index is 6.43. The Morgan fingerprint density at radius 1 is 1.18 bits per heavy atom. The highest BCUT2D eigenvalue weighted by atomic mass is 35.5. The number of aryl methyl sites for hydroxylation is 1. The van der Waals surface area contributed by atoms with Gasteiger partial charge in [-0.25, -0.2) is 9.97 Å². The molecular weight excluding hydrogens is 298 g/mol. The Labute approximate surface area is 136 Å². The van der Waals surface area contributed by atoms with E-state index in [9.17, 15) is 0 Å². The van der Waals surface area contributed by atoms with Crippen molar-refractivity contribution in [2.45, 2.75) is 45.4 Å². The van der Waals surface area contributed by atoms with E-state index < -0.39 is 0 Å². The number of unbranched alkanes of at least 4 members (excludes halogenated alkanes) is 1. The first kappa shape index (κ1) is 15.3. The minimum atomic E-state index is 0.602. The molecule has 0 aromatic carbocycles. The van der Waals surface area contributed by atoms with Crippen LogP contribution in [0.3, 0.4) is 0 Å². The zero-order valence-electron chi connectivity index (χ0n) is 13.0. The fourth-order valence-corrected chi connectivity index (χ4v) is 3.08. The summed E-state index contributed by atoms with van der Waals surface area (Å²) in [6.45, 7) is 4.23. The van der Waals surface area contributed by atoms with Crippen LogP contribution < -0.4 is 4.90 Å². The molecule has 3 rings (SSSR count). The molecule has 0 bridgehead atoms. The molecule has 1 saturated heterocycles. The van der Waals surface area contributed by atoms with E-state index in [1.807, 2.05) is 12.3 Å². The molecule has 5 heteroatoms. The van der Waals surface area contributed by atoms with Gasteiger partial charge in [0.05, 0.1) is 16.8 Å². The monoisotopic (exact) mass is 319 g/mol. The number of halogens is 1. The second kappa shape index (κ2) is 7.14. The fourth-order valence-electron chi connectivity index (χ4n) is 2.79. The van der Waals surface area contributed by atoms with Gasteiger partial charge in [-0.15, -0.1) is 0 Å². The van der Waals surface area contributed by atoms with E-state index in [4.69, 9.17) is 16.0 Å². The Bertz CT molecular complexity index is 620. The topological polar surface area (TPSA) is 42.2 Å². The van der Waals surface area contributed by atoms with Crippen molar-refractivity contribution < 1.29 is 4.42 Å². The van der Waals surface area contributed by atoms with E-state index in [1.165, 1.54) is 19.3 Å². The molecule has 0 spiro atoms. The SMILES string of the molecule is CCCCc1cnc(-c2cnc(N3CCCCC3)c(Cl)c2)o1. The fraction of sp³-hybridized carbons (Fsp3) is 0.529. The van der Waals surface area contributed by atoms with Crippen LogP contribution in [0.5, 0.6) is 0 Å². The van der Waals surface area contributed by atoms with Crippen molar-refractivity contribution >= 4 is 17.4 Å². The van der Waals surface area contributed by atoms with Crippen molar-refractivity contribution in [1.82, 2.24) is 9.97 Å². The van der Waals surface area contributed by atoms with Gasteiger partial charge in [-0.1, -0.05) is 24.9 Å². The van der Waals surface area contributed by atoms with E-state index in [0.717, 1.165) is 49.5 Å². The first-order chi connectivity index (χ1) is 10.8. The molecule has 118 valence electrons. The molecule has 0 aliphatic carbocycles. The van der Waals surface area contributed by atoms with Gasteiger partial charge in [-0.05, 0) is 31.7 Å². The van der Waals surface area contributed by atoms with Crippen LogP contribution in [0.2, 0.25) is 5.02 Å². The number of pyridine rings is 1. The van der Waals surface area contributed by atoms with Crippen molar-refractivity contribution in [3.63, 3.8) is 0 Å². The van der Waals surface area contributed by atoms with Gasteiger partial charge in [0.25, 0.3) is 0 Å². The maximum Gasteiger partial charge on any atom is 0.227 e. The highest BCUT2D eigenvalue weighted by Crippen LogP contribution is 2.30. The summed E-state index contributed by atoms with van der Waals surface area (Å²) in [5, 5.41) is 0.674. The Morgan fingerprint density at radius 3 is 2.73 bits per heavy atom. The summed E-state index contributed by atoms with van der Waals surface area (Å²) in [5.74, 6) is 2.40. The van der Waals surface area contributed by atoms with Crippen LogP contribution in [0, 0.1) is 0 Å². The van der Waals surface area contributed by atoms with Crippen molar-refractivity contribution in [1.29, 1.82) is 0 Å². The summed E-state index contributed by atoms with van der Waals surface area (Å²) >= 11 is 6.43. The second-order valence-electron chi connectivity index (χ2n) is 5.81. The number of oxazole rings is 1. The first-order valence-electron chi connectivity index (χ1n) is 8.13. The standard InChI is InChI=1S/C17H22ClN3O/c1-2-3-7-14-12-20-17(22-14)13-10-15(18)16(19-11-13)21-8-5-4-6-9-21/h10-12H,2-9H2,1H3. The van der Waals surface area contributed by atoms with Gasteiger partial charge in [-0.2, -0.15) is 0 Å². The maximum absolute atomic E-state index is 6.43. The van der Waals surface area contributed by atoms with E-state index in [-0.39, 0.29) is 0 Å². The molecule has 1 aliphatic rings. The molecule has 0 amide bonds. The van der Waals surface area contributed by atoms with Gasteiger partial charge in [0.1, 0.15) is 11.6 Å². The smallest absolute Gasteiger partial charge is 0.227 e. The van der Waals surface area contributed by atoms with Crippen LogP contribution in [-0.2, 0) is 6.42 Å². The average molecular weight is 320 g/mol. The van der Waals surface area contributed by atoms with Crippen molar-refractivity contribution in [2.75, 3.05) is 18.0 Å². The quantitative estimate of drug-likeness (QED) is 0.799. The summed E-state index contributed by atoms with van der Waals surface area (Å²) in [6, 6.07) is 1.91. The highest BCUT2D eigenvalue weighted by Gasteiger charge is 2.17. The summed E-state index contributed by atoms with van der Waals surface area (Å²) in [5.41, 5.74) is 0.841. The molecular formula is C17H22ClN3O. The zero-order valence-corrected chi connectivity index (χ0v) is 13.8. The van der Waals surface area contributed by atoms with Crippen molar-refractivity contribution in [3.8, 4) is 11.5 Å². The summed E-state index contributed by atoms with van der Waals surface area (Å²) in [7, 11) is 0. The third-order valence-corrected chi connectivity index (χ3v) is 4.33. The Morgan fingerprint density at radius 2 is 2.00 bits per heavy atom. The lowest BCUT2D eigenvalue weighted by atomic mass is 10.1. The minimum absolute atomic E-state index is 0.602. The van der Waals surface area contributed by atoms with E-state index in [0.29, 0.717) is 10.9 Å². The van der Waals surface area contributed by atoms with E-state index in [2.05, 4.69) is 21.8 Å². The minimum Gasteiger partial charge on any atom is -0.441 e. The highest BCUT2D eigenvalue weighted by molar-refractivity contribution is 6.33. The van der Waals surface area contributed by atoms with Crippen LogP contribution in [-0.4, -0.2) is 23.1 Å². The van der Waals surface area contributed by atoms with Gasteiger partial charge in [0, 0.05) is 25.7 Å². The van der Waals surface area contributed by atoms with Crippen molar-refractivity contribution in [2.24, 2.45) is 0 Å². The molecule has 1 fully saturated rings. The number of hydrogen-bond donors (Lipinski definition) is 0. The van der Waals surface area contributed by atoms with Crippen molar-refractivity contribution in [3.05, 3.63) is 29.2 Å². The lowest BCUT2D eigenvalue weighted by Gasteiger charge is -2.28. The summed E-state index contributed by atoms with van der Waals surface area (Å²) in [6.07, 6.45) is 10.5. The average Bonchev–Trinajstić information content (AvgIpc) is 3.02. The molecule has 2 aromatic rings. The first-order valence-corrected chi connectivity index (χ1v) is 8.51. The molecule has 0 N–H and O–H groups in total. The van der Waals surface area contributed by atoms with Crippen LogP contribution in [0.15, 0.2) is 22.9 Å². The molecule has 2 aromatic heterocycles. The molecule has 0 unspecified atom stereocenters. The number of rotatable bonds is 5. The molecule has 4 nitrogen and oxygen atoms in total. The van der Waals surface area contributed by atoms with E-state index >= 15 is 0 Å².